The van der Waals surface area contributed by atoms with Crippen molar-refractivity contribution in [3.63, 3.8) is 0 Å². The lowest BCUT2D eigenvalue weighted by atomic mass is 10.1. The van der Waals surface area contributed by atoms with Crippen molar-refractivity contribution >= 4 is 56.4 Å². The summed E-state index contributed by atoms with van der Waals surface area (Å²) < 4.78 is 0.968. The van der Waals surface area contributed by atoms with E-state index in [0.29, 0.717) is 47.0 Å². The van der Waals surface area contributed by atoms with Crippen LogP contribution in [0.15, 0.2) is 72.8 Å². The van der Waals surface area contributed by atoms with Crippen LogP contribution in [0.3, 0.4) is 0 Å². The fourth-order valence-corrected chi connectivity index (χ4v) is 5.79. The van der Waals surface area contributed by atoms with E-state index in [1.54, 1.807) is 29.2 Å². The first-order chi connectivity index (χ1) is 17.0. The van der Waals surface area contributed by atoms with Crippen molar-refractivity contribution in [2.75, 3.05) is 18.0 Å². The van der Waals surface area contributed by atoms with Gasteiger partial charge in [-0.1, -0.05) is 59.6 Å². The molecule has 1 aliphatic rings. The molecule has 3 aromatic carbocycles. The number of unbranched alkanes of at least 4 members (excludes halogenated alkanes) is 1. The summed E-state index contributed by atoms with van der Waals surface area (Å²) in [6, 6.07) is 22.4. The highest BCUT2D eigenvalue weighted by Crippen LogP contribution is 2.36. The number of amides is 3. The van der Waals surface area contributed by atoms with Crippen LogP contribution in [0, 0.1) is 6.92 Å². The van der Waals surface area contributed by atoms with Crippen LogP contribution in [0.2, 0.25) is 5.02 Å². The molecule has 2 heterocycles. The zero-order chi connectivity index (χ0) is 24.5. The van der Waals surface area contributed by atoms with E-state index < -0.39 is 0 Å². The van der Waals surface area contributed by atoms with Gasteiger partial charge in [-0.2, -0.15) is 0 Å². The Morgan fingerprint density at radius 1 is 0.886 bits per heavy atom. The molecule has 1 aromatic heterocycles. The summed E-state index contributed by atoms with van der Waals surface area (Å²) in [5.74, 6) is -0.663. The average molecular weight is 503 g/mol. The second-order valence-electron chi connectivity index (χ2n) is 8.55. The maximum atomic E-state index is 13.7. The van der Waals surface area contributed by atoms with Crippen LogP contribution in [-0.4, -0.2) is 35.7 Å². The van der Waals surface area contributed by atoms with E-state index in [1.165, 1.54) is 16.2 Å². The first-order valence-electron chi connectivity index (χ1n) is 11.5. The Balaban J connectivity index is 1.32. The van der Waals surface area contributed by atoms with Crippen molar-refractivity contribution in [1.29, 1.82) is 0 Å². The van der Waals surface area contributed by atoms with E-state index in [1.807, 2.05) is 55.5 Å². The first-order valence-corrected chi connectivity index (χ1v) is 12.7. The summed E-state index contributed by atoms with van der Waals surface area (Å²) >= 11 is 8.00. The quantitative estimate of drug-likeness (QED) is 0.212. The molecule has 0 unspecified atom stereocenters. The second-order valence-corrected chi connectivity index (χ2v) is 9.98. The monoisotopic (exact) mass is 502 g/mol. The van der Waals surface area contributed by atoms with Gasteiger partial charge in [0.25, 0.3) is 17.7 Å². The van der Waals surface area contributed by atoms with Crippen molar-refractivity contribution in [1.82, 2.24) is 4.90 Å². The normalized spacial score (nSPS) is 12.9. The molecule has 0 N–H and O–H groups in total. The van der Waals surface area contributed by atoms with Gasteiger partial charge in [0.05, 0.1) is 16.1 Å². The number of thiophene rings is 1. The van der Waals surface area contributed by atoms with Crippen molar-refractivity contribution in [2.24, 2.45) is 0 Å². The number of nitrogens with zero attached hydrogens (tertiary/aromatic N) is 2. The molecule has 0 fully saturated rings. The number of aryl methyl sites for hydroxylation is 1. The molecule has 3 amide bonds. The zero-order valence-corrected chi connectivity index (χ0v) is 20.7. The van der Waals surface area contributed by atoms with E-state index in [2.05, 4.69) is 0 Å². The fourth-order valence-electron chi connectivity index (χ4n) is 4.33. The highest BCUT2D eigenvalue weighted by atomic mass is 35.5. The van der Waals surface area contributed by atoms with Gasteiger partial charge in [-0.15, -0.1) is 11.3 Å². The number of carbonyl (C=O) groups excluding carboxylic acids is 3. The van der Waals surface area contributed by atoms with Crippen molar-refractivity contribution in [3.05, 3.63) is 99.4 Å². The maximum absolute atomic E-state index is 13.7. The van der Waals surface area contributed by atoms with E-state index in [0.717, 1.165) is 21.3 Å². The van der Waals surface area contributed by atoms with E-state index in [9.17, 15) is 14.4 Å². The highest BCUT2D eigenvalue weighted by molar-refractivity contribution is 7.21. The van der Waals surface area contributed by atoms with E-state index >= 15 is 0 Å². The largest absolute Gasteiger partial charge is 0.308 e. The van der Waals surface area contributed by atoms with Crippen molar-refractivity contribution in [3.8, 4) is 0 Å². The number of benzene rings is 3. The number of anilines is 1. The summed E-state index contributed by atoms with van der Waals surface area (Å²) in [5, 5.41) is 1.34. The third-order valence-corrected chi connectivity index (χ3v) is 7.87. The van der Waals surface area contributed by atoms with Crippen LogP contribution < -0.4 is 4.90 Å². The molecule has 5 nitrogen and oxygen atoms in total. The number of hydrogen-bond acceptors (Lipinski definition) is 4. The molecular formula is C28H23ClN2O3S. The lowest BCUT2D eigenvalue weighted by molar-refractivity contribution is 0.0651. The molecule has 0 saturated carbocycles. The molecule has 0 atom stereocenters. The van der Waals surface area contributed by atoms with Gasteiger partial charge >= 0.3 is 0 Å². The number of halogens is 1. The highest BCUT2D eigenvalue weighted by Gasteiger charge is 2.34. The Kier molecular flexibility index (Phi) is 6.41. The molecular weight excluding hydrogens is 480 g/mol. The Bertz CT molecular complexity index is 1410. The van der Waals surface area contributed by atoms with Gasteiger partial charge in [-0.3, -0.25) is 19.3 Å². The number of imide groups is 1. The smallest absolute Gasteiger partial charge is 0.269 e. The third kappa shape index (κ3) is 4.35. The van der Waals surface area contributed by atoms with Crippen LogP contribution in [-0.2, 0) is 0 Å². The topological polar surface area (TPSA) is 57.7 Å². The minimum Gasteiger partial charge on any atom is -0.308 e. The summed E-state index contributed by atoms with van der Waals surface area (Å²) in [7, 11) is 0. The minimum absolute atomic E-state index is 0.152. The SMILES string of the molecule is Cc1ccc(N(CCCCN2C(=O)c3ccccc3C2=O)C(=O)c2sc3ccccc3c2Cl)cc1. The lowest BCUT2D eigenvalue weighted by Crippen LogP contribution is -2.33. The summed E-state index contributed by atoms with van der Waals surface area (Å²) in [4.78, 5) is 42.5. The van der Waals surface area contributed by atoms with Crippen molar-refractivity contribution in [2.45, 2.75) is 19.8 Å². The van der Waals surface area contributed by atoms with Gasteiger partial charge in [0, 0.05) is 28.9 Å². The predicted octanol–water partition coefficient (Wildman–Crippen LogP) is 6.59. The van der Waals surface area contributed by atoms with E-state index in [4.69, 9.17) is 11.6 Å². The predicted molar refractivity (Wildman–Crippen MR) is 141 cm³/mol. The maximum Gasteiger partial charge on any atom is 0.269 e. The molecule has 35 heavy (non-hydrogen) atoms. The van der Waals surface area contributed by atoms with Gasteiger partial charge in [0.15, 0.2) is 0 Å². The van der Waals surface area contributed by atoms with Crippen LogP contribution in [0.25, 0.3) is 10.1 Å². The van der Waals surface area contributed by atoms with Crippen LogP contribution in [0.5, 0.6) is 0 Å². The molecule has 1 aliphatic heterocycles. The minimum atomic E-state index is -0.255. The summed E-state index contributed by atoms with van der Waals surface area (Å²) in [6.45, 7) is 2.75. The zero-order valence-electron chi connectivity index (χ0n) is 19.2. The molecule has 4 aromatic rings. The van der Waals surface area contributed by atoms with Crippen molar-refractivity contribution < 1.29 is 14.4 Å². The van der Waals surface area contributed by atoms with Gasteiger partial charge in [0.1, 0.15) is 4.88 Å². The number of rotatable bonds is 7. The average Bonchev–Trinajstić information content (AvgIpc) is 3.34. The van der Waals surface area contributed by atoms with Crippen LogP contribution in [0.1, 0.15) is 48.8 Å². The number of fused-ring (bicyclic) bond motifs is 2. The second kappa shape index (κ2) is 9.64. The molecule has 0 spiro atoms. The van der Waals surface area contributed by atoms with Gasteiger partial charge in [0.2, 0.25) is 0 Å². The number of hydrogen-bond donors (Lipinski definition) is 0. The lowest BCUT2D eigenvalue weighted by Gasteiger charge is -2.23. The van der Waals surface area contributed by atoms with E-state index in [-0.39, 0.29) is 17.7 Å². The first kappa shape index (κ1) is 23.3. The van der Waals surface area contributed by atoms with Gasteiger partial charge < -0.3 is 4.90 Å². The molecule has 5 rings (SSSR count). The molecule has 0 saturated heterocycles. The standard InChI is InChI=1S/C28H23ClN2O3S/c1-18-12-14-19(15-13-18)30(28(34)25-24(29)22-10-4-5-11-23(22)35-25)16-6-7-17-31-26(32)20-8-2-3-9-21(20)27(31)33/h2-5,8-15H,6-7,16-17H2,1H3. The number of carbonyl (C=O) groups is 3. The molecule has 176 valence electrons. The third-order valence-electron chi connectivity index (χ3n) is 6.21. The van der Waals surface area contributed by atoms with Crippen LogP contribution in [0.4, 0.5) is 5.69 Å². The van der Waals surface area contributed by atoms with Gasteiger partial charge in [-0.05, 0) is 50.1 Å². The summed E-state index contributed by atoms with van der Waals surface area (Å²) in [5.41, 5.74) is 2.79. The fraction of sp³-hybridized carbons (Fsp3) is 0.179. The Hall–Kier alpha value is -3.48. The molecule has 0 radical (unpaired) electrons. The Morgan fingerprint density at radius 3 is 2.17 bits per heavy atom. The Labute approximate surface area is 212 Å². The van der Waals surface area contributed by atoms with Gasteiger partial charge in [-0.25, -0.2) is 0 Å². The molecule has 0 bridgehead atoms. The Morgan fingerprint density at radius 2 is 1.51 bits per heavy atom. The molecule has 0 aliphatic carbocycles. The van der Waals surface area contributed by atoms with Crippen LogP contribution >= 0.6 is 22.9 Å². The summed E-state index contributed by atoms with van der Waals surface area (Å²) in [6.07, 6.45) is 1.21. The molecule has 7 heteroatoms.